The van der Waals surface area contributed by atoms with E-state index in [9.17, 15) is 0 Å². The summed E-state index contributed by atoms with van der Waals surface area (Å²) in [5.41, 5.74) is 1.96. The van der Waals surface area contributed by atoms with E-state index in [-0.39, 0.29) is 0 Å². The van der Waals surface area contributed by atoms with Gasteiger partial charge in [-0.25, -0.2) is 4.98 Å². The van der Waals surface area contributed by atoms with E-state index in [1.165, 1.54) is 16.2 Å². The van der Waals surface area contributed by atoms with Crippen molar-refractivity contribution < 1.29 is 4.74 Å². The van der Waals surface area contributed by atoms with Crippen LogP contribution in [-0.2, 0) is 6.42 Å². The number of rotatable bonds is 4. The average Bonchev–Trinajstić information content (AvgIpc) is 2.81. The smallest absolute Gasteiger partial charge is 0.195 e. The van der Waals surface area contributed by atoms with E-state index in [1.54, 1.807) is 7.11 Å². The topological polar surface area (TPSA) is 45.9 Å². The number of nitriles is 1. The summed E-state index contributed by atoms with van der Waals surface area (Å²) in [7, 11) is 1.65. The zero-order chi connectivity index (χ0) is 13.8. The third kappa shape index (κ3) is 3.12. The lowest BCUT2D eigenvalue weighted by Gasteiger charge is -2.06. The number of ether oxygens (including phenoxy) is 1. The number of thiazole rings is 1. The van der Waals surface area contributed by atoms with Crippen LogP contribution in [0.5, 0.6) is 5.75 Å². The van der Waals surface area contributed by atoms with E-state index in [2.05, 4.69) is 24.9 Å². The second-order valence-corrected chi connectivity index (χ2v) is 5.81. The molecule has 0 unspecified atom stereocenters. The summed E-state index contributed by atoms with van der Waals surface area (Å²) in [6, 6.07) is 9.94. The highest BCUT2D eigenvalue weighted by atomic mass is 32.1. The molecular weight excluding hydrogens is 256 g/mol. The van der Waals surface area contributed by atoms with Gasteiger partial charge in [-0.15, -0.1) is 11.3 Å². The Kier molecular flexibility index (Phi) is 4.18. The highest BCUT2D eigenvalue weighted by Crippen LogP contribution is 2.31. The third-order valence-corrected chi connectivity index (χ3v) is 3.73. The molecule has 1 heterocycles. The summed E-state index contributed by atoms with van der Waals surface area (Å²) in [6.45, 7) is 4.34. The van der Waals surface area contributed by atoms with Crippen molar-refractivity contribution in [3.8, 4) is 23.1 Å². The molecule has 0 amide bonds. The number of benzene rings is 1. The summed E-state index contributed by atoms with van der Waals surface area (Å²) >= 11 is 1.49. The number of hydrogen-bond donors (Lipinski definition) is 0. The number of aromatic nitrogens is 1. The van der Waals surface area contributed by atoms with E-state index >= 15 is 0 Å². The van der Waals surface area contributed by atoms with Gasteiger partial charge in [0.15, 0.2) is 5.01 Å². The minimum absolute atomic E-state index is 0.529. The van der Waals surface area contributed by atoms with E-state index < -0.39 is 0 Å². The maximum Gasteiger partial charge on any atom is 0.195 e. The molecule has 0 aliphatic heterocycles. The lowest BCUT2D eigenvalue weighted by molar-refractivity contribution is 0.415. The van der Waals surface area contributed by atoms with E-state index in [0.29, 0.717) is 10.9 Å². The Bertz CT molecular complexity index is 594. The molecule has 0 saturated heterocycles. The molecule has 0 saturated carbocycles. The first-order valence-electron chi connectivity index (χ1n) is 6.18. The van der Waals surface area contributed by atoms with Gasteiger partial charge in [-0.05, 0) is 36.6 Å². The SMILES string of the molecule is COc1ccc(-c2nc(C#N)sc2CC(C)C)cc1. The fraction of sp³-hybridized carbons (Fsp3) is 0.333. The molecule has 0 fully saturated rings. The first kappa shape index (κ1) is 13.6. The van der Waals surface area contributed by atoms with Crippen LogP contribution in [0.25, 0.3) is 11.3 Å². The minimum Gasteiger partial charge on any atom is -0.497 e. The highest BCUT2D eigenvalue weighted by molar-refractivity contribution is 7.12. The molecule has 3 nitrogen and oxygen atoms in total. The van der Waals surface area contributed by atoms with Gasteiger partial charge >= 0.3 is 0 Å². The van der Waals surface area contributed by atoms with Crippen molar-refractivity contribution in [3.63, 3.8) is 0 Å². The molecule has 0 bridgehead atoms. The molecule has 0 radical (unpaired) electrons. The Morgan fingerprint density at radius 1 is 1.32 bits per heavy atom. The van der Waals surface area contributed by atoms with Crippen molar-refractivity contribution in [2.75, 3.05) is 7.11 Å². The van der Waals surface area contributed by atoms with Crippen LogP contribution in [0.2, 0.25) is 0 Å². The molecule has 2 aromatic rings. The molecule has 4 heteroatoms. The zero-order valence-electron chi connectivity index (χ0n) is 11.3. The lowest BCUT2D eigenvalue weighted by Crippen LogP contribution is -1.93. The van der Waals surface area contributed by atoms with Crippen LogP contribution in [0.3, 0.4) is 0 Å². The van der Waals surface area contributed by atoms with Crippen molar-refractivity contribution in [1.82, 2.24) is 4.98 Å². The van der Waals surface area contributed by atoms with Gasteiger partial charge < -0.3 is 4.74 Å². The quantitative estimate of drug-likeness (QED) is 0.848. The van der Waals surface area contributed by atoms with Crippen LogP contribution in [0, 0.1) is 17.2 Å². The Balaban J connectivity index is 2.41. The van der Waals surface area contributed by atoms with E-state index in [1.807, 2.05) is 24.3 Å². The van der Waals surface area contributed by atoms with Crippen LogP contribution in [-0.4, -0.2) is 12.1 Å². The average molecular weight is 272 g/mol. The Morgan fingerprint density at radius 3 is 2.53 bits per heavy atom. The number of nitrogens with zero attached hydrogens (tertiary/aromatic N) is 2. The van der Waals surface area contributed by atoms with Gasteiger partial charge in [0, 0.05) is 10.4 Å². The Hall–Kier alpha value is -1.86. The summed E-state index contributed by atoms with van der Waals surface area (Å²) < 4.78 is 5.16. The zero-order valence-corrected chi connectivity index (χ0v) is 12.1. The summed E-state index contributed by atoms with van der Waals surface area (Å²) in [4.78, 5) is 5.60. The molecule has 1 aromatic heterocycles. The monoisotopic (exact) mass is 272 g/mol. The third-order valence-electron chi connectivity index (χ3n) is 2.75. The fourth-order valence-corrected chi connectivity index (χ4v) is 2.98. The normalized spacial score (nSPS) is 10.5. The minimum atomic E-state index is 0.529. The van der Waals surface area contributed by atoms with Gasteiger partial charge in [-0.1, -0.05) is 13.8 Å². The molecule has 0 aliphatic carbocycles. The van der Waals surface area contributed by atoms with Crippen molar-refractivity contribution in [1.29, 1.82) is 5.26 Å². The van der Waals surface area contributed by atoms with Crippen molar-refractivity contribution in [2.45, 2.75) is 20.3 Å². The Labute approximate surface area is 117 Å². The van der Waals surface area contributed by atoms with Gasteiger partial charge in [-0.3, -0.25) is 0 Å². The van der Waals surface area contributed by atoms with E-state index in [4.69, 9.17) is 10.00 Å². The van der Waals surface area contributed by atoms with Gasteiger partial charge in [0.2, 0.25) is 0 Å². The first-order chi connectivity index (χ1) is 9.13. The molecule has 98 valence electrons. The second-order valence-electron chi connectivity index (χ2n) is 4.73. The largest absolute Gasteiger partial charge is 0.497 e. The van der Waals surface area contributed by atoms with Crippen LogP contribution in [0.4, 0.5) is 0 Å². The van der Waals surface area contributed by atoms with Gasteiger partial charge in [-0.2, -0.15) is 5.26 Å². The highest BCUT2D eigenvalue weighted by Gasteiger charge is 2.14. The summed E-state index contributed by atoms with van der Waals surface area (Å²) in [5, 5.41) is 9.55. The van der Waals surface area contributed by atoms with Gasteiger partial charge in [0.05, 0.1) is 12.8 Å². The molecule has 0 N–H and O–H groups in total. The molecule has 0 atom stereocenters. The van der Waals surface area contributed by atoms with Crippen molar-refractivity contribution in [2.24, 2.45) is 5.92 Å². The molecule has 0 spiro atoms. The van der Waals surface area contributed by atoms with Crippen molar-refractivity contribution >= 4 is 11.3 Å². The lowest BCUT2D eigenvalue weighted by atomic mass is 10.0. The maximum absolute atomic E-state index is 9.02. The van der Waals surface area contributed by atoms with Gasteiger partial charge in [0.1, 0.15) is 11.8 Å². The van der Waals surface area contributed by atoms with Gasteiger partial charge in [0.25, 0.3) is 0 Å². The molecular formula is C15H16N2OS. The predicted molar refractivity (Wildman–Crippen MR) is 77.4 cm³/mol. The second kappa shape index (κ2) is 5.85. The molecule has 19 heavy (non-hydrogen) atoms. The van der Waals surface area contributed by atoms with E-state index in [0.717, 1.165) is 23.4 Å². The van der Waals surface area contributed by atoms with Crippen LogP contribution < -0.4 is 4.74 Å². The van der Waals surface area contributed by atoms with Crippen molar-refractivity contribution in [3.05, 3.63) is 34.2 Å². The van der Waals surface area contributed by atoms with Crippen LogP contribution >= 0.6 is 11.3 Å². The summed E-state index contributed by atoms with van der Waals surface area (Å²) in [5.74, 6) is 1.37. The Morgan fingerprint density at radius 2 is 2.00 bits per heavy atom. The molecule has 0 aliphatic rings. The standard InChI is InChI=1S/C15H16N2OS/c1-10(2)8-13-15(17-14(9-16)19-13)11-4-6-12(18-3)7-5-11/h4-7,10H,8H2,1-3H3. The predicted octanol–water partition coefficient (Wildman–Crippen LogP) is 3.89. The van der Waals surface area contributed by atoms with Crippen LogP contribution in [0.1, 0.15) is 23.7 Å². The maximum atomic E-state index is 9.02. The number of hydrogen-bond acceptors (Lipinski definition) is 4. The summed E-state index contributed by atoms with van der Waals surface area (Å²) in [6.07, 6.45) is 0.945. The first-order valence-corrected chi connectivity index (χ1v) is 7.00. The molecule has 2 rings (SSSR count). The number of methoxy groups -OCH3 is 1. The molecule has 1 aromatic carbocycles. The van der Waals surface area contributed by atoms with Crippen LogP contribution in [0.15, 0.2) is 24.3 Å². The fourth-order valence-electron chi connectivity index (χ4n) is 1.88.